The lowest BCUT2D eigenvalue weighted by Crippen LogP contribution is -2.50. The first-order valence-corrected chi connectivity index (χ1v) is 14.6. The summed E-state index contributed by atoms with van der Waals surface area (Å²) < 4.78 is 12.8. The summed E-state index contributed by atoms with van der Waals surface area (Å²) >= 11 is 0. The highest BCUT2D eigenvalue weighted by Gasteiger charge is 2.32. The maximum Gasteiger partial charge on any atom is 0.323 e. The summed E-state index contributed by atoms with van der Waals surface area (Å²) in [6.07, 6.45) is 2.64. The predicted molar refractivity (Wildman–Crippen MR) is 169 cm³/mol. The van der Waals surface area contributed by atoms with Crippen LogP contribution in [0, 0.1) is 6.92 Å². The molecule has 232 valence electrons. The van der Waals surface area contributed by atoms with Crippen LogP contribution in [-0.2, 0) is 22.6 Å². The molecule has 3 aromatic carbocycles. The summed E-state index contributed by atoms with van der Waals surface area (Å²) in [5, 5.41) is 23.1. The van der Waals surface area contributed by atoms with Crippen LogP contribution < -0.4 is 19.7 Å². The number of carbonyl (C=O) groups is 3. The molecule has 1 atom stereocenters. The number of para-hydroxylation sites is 1. The molecule has 0 saturated heterocycles. The number of benzene rings is 3. The number of aromatic hydroxyl groups is 1. The van der Waals surface area contributed by atoms with Crippen molar-refractivity contribution in [3.63, 3.8) is 0 Å². The van der Waals surface area contributed by atoms with Crippen molar-refractivity contribution in [2.45, 2.75) is 52.1 Å². The summed E-state index contributed by atoms with van der Waals surface area (Å²) in [7, 11) is 3.06. The van der Waals surface area contributed by atoms with Gasteiger partial charge in [-0.05, 0) is 60.9 Å². The van der Waals surface area contributed by atoms with Crippen molar-refractivity contribution in [2.24, 2.45) is 0 Å². The molecular weight excluding hydrogens is 562 g/mol. The number of aliphatic carboxylic acids is 1. The van der Waals surface area contributed by atoms with Crippen LogP contribution >= 0.6 is 0 Å². The number of carboxylic acid groups (broad SMARTS) is 1. The lowest BCUT2D eigenvalue weighted by Gasteiger charge is -2.30. The lowest BCUT2D eigenvalue weighted by atomic mass is 10.0. The number of rotatable bonds is 14. The molecule has 1 unspecified atom stereocenters. The third kappa shape index (κ3) is 7.31. The SMILES string of the molecule is CCCCCN(C(=O)C(Cc1ccc(O)cc1)NC(=O)c1cc2ccccc2n1CC(=O)O)c1c(OC)cc(C)cc1OC. The van der Waals surface area contributed by atoms with Gasteiger partial charge in [0.1, 0.15) is 41.2 Å². The third-order valence-corrected chi connectivity index (χ3v) is 7.46. The number of anilines is 1. The number of ether oxygens (including phenoxy) is 2. The van der Waals surface area contributed by atoms with Gasteiger partial charge < -0.3 is 34.5 Å². The van der Waals surface area contributed by atoms with Gasteiger partial charge in [-0.15, -0.1) is 0 Å². The molecule has 0 aliphatic rings. The van der Waals surface area contributed by atoms with Crippen molar-refractivity contribution in [1.82, 2.24) is 9.88 Å². The second-order valence-corrected chi connectivity index (χ2v) is 10.7. The Hall–Kier alpha value is -4.99. The van der Waals surface area contributed by atoms with E-state index in [4.69, 9.17) is 9.47 Å². The number of fused-ring (bicyclic) bond motifs is 1. The van der Waals surface area contributed by atoms with Crippen LogP contribution in [0.4, 0.5) is 5.69 Å². The molecule has 10 heteroatoms. The number of aromatic nitrogens is 1. The summed E-state index contributed by atoms with van der Waals surface area (Å²) in [5.41, 5.74) is 2.79. The summed E-state index contributed by atoms with van der Waals surface area (Å²) in [6, 6.07) is 17.8. The average molecular weight is 602 g/mol. The lowest BCUT2D eigenvalue weighted by molar-refractivity contribution is -0.137. The highest BCUT2D eigenvalue weighted by atomic mass is 16.5. The maximum atomic E-state index is 14.6. The Morgan fingerprint density at radius 1 is 0.955 bits per heavy atom. The molecule has 3 N–H and O–H groups in total. The molecule has 44 heavy (non-hydrogen) atoms. The van der Waals surface area contributed by atoms with Crippen molar-refractivity contribution in [1.29, 1.82) is 0 Å². The van der Waals surface area contributed by atoms with E-state index in [1.54, 1.807) is 41.3 Å². The van der Waals surface area contributed by atoms with E-state index in [1.807, 2.05) is 25.1 Å². The number of hydrogen-bond donors (Lipinski definition) is 3. The van der Waals surface area contributed by atoms with E-state index in [0.717, 1.165) is 18.4 Å². The minimum absolute atomic E-state index is 0.0779. The Balaban J connectivity index is 1.79. The number of hydrogen-bond acceptors (Lipinski definition) is 6. The Morgan fingerprint density at radius 3 is 2.23 bits per heavy atom. The number of carboxylic acids is 1. The molecule has 0 aliphatic heterocycles. The van der Waals surface area contributed by atoms with Crippen LogP contribution in [0.1, 0.15) is 47.8 Å². The summed E-state index contributed by atoms with van der Waals surface area (Å²) in [5.74, 6) is -1.07. The van der Waals surface area contributed by atoms with Gasteiger partial charge in [0.05, 0.1) is 14.2 Å². The number of methoxy groups -OCH3 is 2. The molecule has 0 aliphatic carbocycles. The van der Waals surface area contributed by atoms with Crippen LogP contribution in [0.2, 0.25) is 0 Å². The molecular formula is C34H39N3O7. The second-order valence-electron chi connectivity index (χ2n) is 10.7. The van der Waals surface area contributed by atoms with Crippen molar-refractivity contribution in [3.05, 3.63) is 83.6 Å². The number of nitrogens with one attached hydrogen (secondary N) is 1. The monoisotopic (exact) mass is 601 g/mol. The van der Waals surface area contributed by atoms with Crippen LogP contribution in [0.5, 0.6) is 17.2 Å². The molecule has 10 nitrogen and oxygen atoms in total. The number of amides is 2. The highest BCUT2D eigenvalue weighted by molar-refractivity contribution is 6.05. The summed E-state index contributed by atoms with van der Waals surface area (Å²) in [6.45, 7) is 3.91. The third-order valence-electron chi connectivity index (χ3n) is 7.46. The quantitative estimate of drug-likeness (QED) is 0.167. The number of phenols is 1. The van der Waals surface area contributed by atoms with Gasteiger partial charge in [-0.2, -0.15) is 0 Å². The van der Waals surface area contributed by atoms with E-state index in [-0.39, 0.29) is 23.8 Å². The maximum absolute atomic E-state index is 14.6. The molecule has 0 saturated carbocycles. The zero-order valence-corrected chi connectivity index (χ0v) is 25.5. The first-order chi connectivity index (χ1) is 21.2. The molecule has 4 aromatic rings. The standard InChI is InChI=1S/C34H39N3O7/c1-5-6-9-16-36(32-29(43-3)17-22(2)18-30(32)44-4)34(42)26(19-23-12-14-25(38)15-13-23)35-33(41)28-20-24-10-7-8-11-27(24)37(28)21-31(39)40/h7-8,10-15,17-18,20,26,38H,5-6,9,16,19,21H2,1-4H3,(H,35,41)(H,39,40). The predicted octanol–water partition coefficient (Wildman–Crippen LogP) is 5.32. The van der Waals surface area contributed by atoms with Crippen LogP contribution in [0.15, 0.2) is 66.7 Å². The molecule has 1 heterocycles. The Bertz CT molecular complexity index is 1600. The normalized spacial score (nSPS) is 11.6. The fourth-order valence-corrected chi connectivity index (χ4v) is 5.33. The van der Waals surface area contributed by atoms with Crippen LogP contribution in [-0.4, -0.2) is 59.4 Å². The Kier molecular flexibility index (Phi) is 10.5. The minimum Gasteiger partial charge on any atom is -0.508 e. The molecule has 0 fully saturated rings. The van der Waals surface area contributed by atoms with Gasteiger partial charge in [-0.25, -0.2) is 0 Å². The van der Waals surface area contributed by atoms with Gasteiger partial charge in [0.15, 0.2) is 0 Å². The average Bonchev–Trinajstić information content (AvgIpc) is 3.37. The van der Waals surface area contributed by atoms with E-state index in [2.05, 4.69) is 12.2 Å². The summed E-state index contributed by atoms with van der Waals surface area (Å²) in [4.78, 5) is 41.8. The van der Waals surface area contributed by atoms with Gasteiger partial charge in [-0.1, -0.05) is 50.1 Å². The fourth-order valence-electron chi connectivity index (χ4n) is 5.33. The van der Waals surface area contributed by atoms with Gasteiger partial charge >= 0.3 is 5.97 Å². The molecule has 0 bridgehead atoms. The number of unbranched alkanes of at least 4 members (excludes halogenated alkanes) is 2. The first kappa shape index (κ1) is 31.9. The minimum atomic E-state index is -1.10. The largest absolute Gasteiger partial charge is 0.508 e. The number of phenolic OH excluding ortho intramolecular Hbond substituents is 1. The van der Waals surface area contributed by atoms with Crippen molar-refractivity contribution >= 4 is 34.4 Å². The highest BCUT2D eigenvalue weighted by Crippen LogP contribution is 2.40. The number of carbonyl (C=O) groups excluding carboxylic acids is 2. The van der Waals surface area contributed by atoms with Crippen molar-refractivity contribution < 1.29 is 34.1 Å². The van der Waals surface area contributed by atoms with Crippen LogP contribution in [0.25, 0.3) is 10.9 Å². The van der Waals surface area contributed by atoms with Gasteiger partial charge in [0, 0.05) is 23.9 Å². The van der Waals surface area contributed by atoms with Crippen LogP contribution in [0.3, 0.4) is 0 Å². The van der Waals surface area contributed by atoms with Crippen molar-refractivity contribution in [2.75, 3.05) is 25.7 Å². The van der Waals surface area contributed by atoms with Gasteiger partial charge in [-0.3, -0.25) is 14.4 Å². The number of nitrogens with zero attached hydrogens (tertiary/aromatic N) is 2. The van der Waals surface area contributed by atoms with Gasteiger partial charge in [0.25, 0.3) is 5.91 Å². The molecule has 1 aromatic heterocycles. The zero-order valence-electron chi connectivity index (χ0n) is 25.5. The topological polar surface area (TPSA) is 130 Å². The molecule has 4 rings (SSSR count). The Labute approximate surface area is 256 Å². The van der Waals surface area contributed by atoms with E-state index in [1.165, 1.54) is 30.9 Å². The van der Waals surface area contributed by atoms with Crippen molar-refractivity contribution in [3.8, 4) is 17.2 Å². The fraction of sp³-hybridized carbons (Fsp3) is 0.324. The zero-order chi connectivity index (χ0) is 31.8. The van der Waals surface area contributed by atoms with Gasteiger partial charge in [0.2, 0.25) is 5.91 Å². The van der Waals surface area contributed by atoms with E-state index in [9.17, 15) is 24.6 Å². The second kappa shape index (κ2) is 14.5. The number of aryl methyl sites for hydroxylation is 1. The van der Waals surface area contributed by atoms with E-state index in [0.29, 0.717) is 46.6 Å². The Morgan fingerprint density at radius 2 is 1.61 bits per heavy atom. The molecule has 0 radical (unpaired) electrons. The molecule has 2 amide bonds. The van der Waals surface area contributed by atoms with E-state index >= 15 is 0 Å². The molecule has 0 spiro atoms. The van der Waals surface area contributed by atoms with E-state index < -0.39 is 24.5 Å². The smallest absolute Gasteiger partial charge is 0.323 e. The first-order valence-electron chi connectivity index (χ1n) is 14.6.